The van der Waals surface area contributed by atoms with Gasteiger partial charge in [-0.2, -0.15) is 0 Å². The maximum Gasteiger partial charge on any atom is 0.363 e. The fraction of sp³-hybridized carbons (Fsp3) is 0.167. The van der Waals surface area contributed by atoms with Crippen LogP contribution in [0.3, 0.4) is 0 Å². The van der Waals surface area contributed by atoms with E-state index < -0.39 is 106 Å². The van der Waals surface area contributed by atoms with Gasteiger partial charge in [0.15, 0.2) is 0 Å². The van der Waals surface area contributed by atoms with E-state index >= 15 is 0 Å². The van der Waals surface area contributed by atoms with Gasteiger partial charge in [-0.05, 0) is 36.4 Å². The molecule has 0 aliphatic heterocycles. The van der Waals surface area contributed by atoms with Gasteiger partial charge < -0.3 is 58.7 Å². The molecule has 0 fully saturated rings. The second kappa shape index (κ2) is 14.1. The van der Waals surface area contributed by atoms with Crippen molar-refractivity contribution in [2.45, 2.75) is 26.7 Å². The van der Waals surface area contributed by atoms with E-state index in [1.165, 1.54) is 0 Å². The second-order valence-electron chi connectivity index (χ2n) is 9.18. The number of thioether (sulfide) groups is 2. The fourth-order valence-corrected chi connectivity index (χ4v) is 39.3. The van der Waals surface area contributed by atoms with Crippen molar-refractivity contribution in [1.82, 2.24) is 15.0 Å². The fourth-order valence-electron chi connectivity index (χ4n) is 4.55. The van der Waals surface area contributed by atoms with Gasteiger partial charge in [0.2, 0.25) is 4.73 Å². The molecule has 3 heterocycles. The molecule has 0 radical (unpaired) electrons. The Kier molecular flexibility index (Phi) is 12.3. The summed E-state index contributed by atoms with van der Waals surface area (Å²) in [5.41, 5.74) is 0. The Morgan fingerprint density at radius 3 is 1.35 bits per heavy atom. The molecular weight excluding hydrogens is 828 g/mol. The molecule has 0 saturated carbocycles. The third kappa shape index (κ3) is 7.21. The highest BCUT2D eigenvalue weighted by molar-refractivity contribution is 8.62. The van der Waals surface area contributed by atoms with Gasteiger partial charge in [0.05, 0.1) is 5.03 Å². The molecule has 1 unspecified atom stereocenters. The maximum absolute atomic E-state index is 14.0. The quantitative estimate of drug-likeness (QED) is 0.0816. The Balaban J connectivity index is 3.11. The van der Waals surface area contributed by atoms with E-state index in [0.29, 0.717) is 18.5 Å². The van der Waals surface area contributed by atoms with Crippen LogP contribution >= 0.6 is 79.1 Å². The van der Waals surface area contributed by atoms with Gasteiger partial charge in [-0.25, -0.2) is 0 Å². The molecule has 0 aliphatic carbocycles. The normalized spacial score (nSPS) is 16.4. The van der Waals surface area contributed by atoms with E-state index in [-0.39, 0.29) is 0 Å². The van der Waals surface area contributed by atoms with Crippen molar-refractivity contribution < 1.29 is 86.1 Å². The zero-order chi connectivity index (χ0) is 36.8. The van der Waals surface area contributed by atoms with Crippen molar-refractivity contribution in [2.24, 2.45) is 0 Å². The number of rotatable bonds is 14. The summed E-state index contributed by atoms with van der Waals surface area (Å²) in [4.78, 5) is 141. The lowest BCUT2D eigenvalue weighted by atomic mass is 10.5. The van der Waals surface area contributed by atoms with Crippen molar-refractivity contribution in [2.75, 3.05) is 0 Å². The van der Waals surface area contributed by atoms with Crippen molar-refractivity contribution in [3.8, 4) is 0 Å². The average Bonchev–Trinajstić information content (AvgIpc) is 2.91. The van der Waals surface area contributed by atoms with E-state index in [9.17, 15) is 86.1 Å². The first-order chi connectivity index (χ1) is 21.6. The Labute approximate surface area is 279 Å². The molecule has 0 saturated heterocycles. The van der Waals surface area contributed by atoms with Crippen LogP contribution in [0, 0.1) is 0 Å². The molecule has 3 rings (SSSR count). The SMILES string of the molecule is O=P(O)(O)C(P(=O)(O)O)S(c1ccccn1)(C(Sc1ccncc1)(P(=O)(O)O)P(=O)(O)O)C(Sc1cccnc1)(P(=O)(O)O)P(=O)(O)O. The van der Waals surface area contributed by atoms with Crippen LogP contribution < -0.4 is 0 Å². The number of hydrogen-bond acceptors (Lipinski definition) is 11. The van der Waals surface area contributed by atoms with E-state index in [4.69, 9.17) is 0 Å². The van der Waals surface area contributed by atoms with Crippen LogP contribution in [0.4, 0.5) is 0 Å². The van der Waals surface area contributed by atoms with Crippen molar-refractivity contribution in [3.05, 3.63) is 73.4 Å². The summed E-state index contributed by atoms with van der Waals surface area (Å²) in [6.45, 7) is 0. The largest absolute Gasteiger partial charge is 0.363 e. The van der Waals surface area contributed by atoms with Gasteiger partial charge in [0.25, 0.3) is 7.12 Å². The minimum atomic E-state index is -7.24. The molecule has 12 N–H and O–H groups in total. The Hall–Kier alpha value is -0.600. The molecular formula is C18H25N3O18P6S3. The van der Waals surface area contributed by atoms with Crippen molar-refractivity contribution in [3.63, 3.8) is 0 Å². The predicted molar refractivity (Wildman–Crippen MR) is 172 cm³/mol. The first kappa shape index (κ1) is 41.8. The summed E-state index contributed by atoms with van der Waals surface area (Å²) in [5, 5.41) is -1.70. The molecule has 0 amide bonds. The van der Waals surface area contributed by atoms with Crippen LogP contribution in [0.2, 0.25) is 0 Å². The number of pyridine rings is 3. The molecule has 268 valence electrons. The van der Waals surface area contributed by atoms with Crippen LogP contribution in [0.5, 0.6) is 0 Å². The van der Waals surface area contributed by atoms with Gasteiger partial charge >= 0.3 is 45.6 Å². The van der Waals surface area contributed by atoms with Gasteiger partial charge in [-0.3, -0.25) is 42.3 Å². The number of hydrogen-bond donors (Lipinski definition) is 12. The van der Waals surface area contributed by atoms with E-state index in [1.54, 1.807) is 0 Å². The summed E-state index contributed by atoms with van der Waals surface area (Å²) >= 11 is -1.60. The average molecular weight is 853 g/mol. The summed E-state index contributed by atoms with van der Waals surface area (Å²) in [6, 6.07) is 5.36. The molecule has 3 aromatic rings. The summed E-state index contributed by atoms with van der Waals surface area (Å²) in [6.07, 6.45) is 3.88. The van der Waals surface area contributed by atoms with Crippen molar-refractivity contribution in [1.29, 1.82) is 0 Å². The van der Waals surface area contributed by atoms with Crippen molar-refractivity contribution >= 4 is 79.1 Å². The molecule has 3 aromatic heterocycles. The summed E-state index contributed by atoms with van der Waals surface area (Å²) < 4.78 is 68.3. The zero-order valence-electron chi connectivity index (χ0n) is 23.1. The van der Waals surface area contributed by atoms with Gasteiger partial charge in [-0.1, -0.05) is 39.6 Å². The first-order valence-corrected chi connectivity index (χ1v) is 25.0. The number of nitrogens with zero attached hydrogens (tertiary/aromatic N) is 3. The molecule has 0 aliphatic rings. The topological polar surface area (TPSA) is 384 Å². The molecule has 0 bridgehead atoms. The molecule has 21 nitrogen and oxygen atoms in total. The van der Waals surface area contributed by atoms with Crippen LogP contribution in [0.15, 0.2) is 88.3 Å². The van der Waals surface area contributed by atoms with Crippen LogP contribution in [0.25, 0.3) is 0 Å². The monoisotopic (exact) mass is 853 g/mol. The lowest BCUT2D eigenvalue weighted by Gasteiger charge is -2.62. The first-order valence-electron chi connectivity index (χ1n) is 11.9. The Bertz CT molecular complexity index is 1750. The maximum atomic E-state index is 14.0. The van der Waals surface area contributed by atoms with Gasteiger partial charge in [0.1, 0.15) is 0 Å². The van der Waals surface area contributed by atoms with Gasteiger partial charge in [0, 0.05) is 40.8 Å². The lowest BCUT2D eigenvalue weighted by molar-refractivity contribution is 0.346. The highest BCUT2D eigenvalue weighted by Gasteiger charge is 2.89. The molecule has 0 aromatic carbocycles. The van der Waals surface area contributed by atoms with E-state index in [2.05, 4.69) is 15.0 Å². The van der Waals surface area contributed by atoms with Crippen LogP contribution in [-0.4, -0.2) is 85.5 Å². The Morgan fingerprint density at radius 1 is 0.542 bits per heavy atom. The van der Waals surface area contributed by atoms with Crippen LogP contribution in [-0.2, 0) is 27.4 Å². The minimum absolute atomic E-state index is 0.352. The second-order valence-corrected chi connectivity index (χ2v) is 30.4. The smallest absolute Gasteiger partial charge is 0.323 e. The minimum Gasteiger partial charge on any atom is -0.323 e. The Morgan fingerprint density at radius 2 is 1.00 bits per heavy atom. The van der Waals surface area contributed by atoms with E-state index in [1.807, 2.05) is 0 Å². The molecule has 30 heteroatoms. The van der Waals surface area contributed by atoms with Crippen LogP contribution in [0.1, 0.15) is 0 Å². The summed E-state index contributed by atoms with van der Waals surface area (Å²) in [7, 11) is -49.9. The lowest BCUT2D eigenvalue weighted by Crippen LogP contribution is -2.50. The molecule has 1 atom stereocenters. The highest BCUT2D eigenvalue weighted by atomic mass is 32.3. The summed E-state index contributed by atoms with van der Waals surface area (Å²) in [5.74, 6) is 0. The zero-order valence-corrected chi connectivity index (χ0v) is 30.9. The highest BCUT2D eigenvalue weighted by Crippen LogP contribution is 3.08. The standard InChI is InChI=1S/C18H25N3O18P6S3/c22-40(23,24)16(41(25,26)27)48(15-5-1-2-9-21-15,17(42(28,29)30,43(31,32)33)46-13-6-10-19-11-7-13)18(44(34,35)36,45(37,38)39)47-14-4-3-8-20-12-14/h1-12,16H,(H2,22,23,24)(H2,25,26,27)(H2,28,29,30)(H2,31,32,33)(H2,34,35,36)(H2,37,38,39). The molecule has 0 spiro atoms. The van der Waals surface area contributed by atoms with E-state index in [0.717, 1.165) is 55.0 Å². The molecule has 48 heavy (non-hydrogen) atoms. The predicted octanol–water partition coefficient (Wildman–Crippen LogP) is 2.19. The van der Waals surface area contributed by atoms with Gasteiger partial charge in [-0.15, -0.1) is 0 Å². The third-order valence-electron chi connectivity index (χ3n) is 5.96. The number of aromatic nitrogens is 3. The third-order valence-corrected chi connectivity index (χ3v) is 35.6.